The van der Waals surface area contributed by atoms with Gasteiger partial charge in [-0.3, -0.25) is 9.20 Å². The summed E-state index contributed by atoms with van der Waals surface area (Å²) in [7, 11) is 0. The molecule has 0 saturated heterocycles. The highest BCUT2D eigenvalue weighted by atomic mass is 19.1. The molecule has 1 aliphatic carbocycles. The smallest absolute Gasteiger partial charge is 0.251 e. The van der Waals surface area contributed by atoms with E-state index in [4.69, 9.17) is 4.98 Å². The van der Waals surface area contributed by atoms with Gasteiger partial charge in [0.2, 0.25) is 0 Å². The minimum absolute atomic E-state index is 0.0309. The van der Waals surface area contributed by atoms with Crippen molar-refractivity contribution in [2.24, 2.45) is 0 Å². The summed E-state index contributed by atoms with van der Waals surface area (Å²) in [6.07, 6.45) is 4.62. The number of rotatable bonds is 7. The molecule has 35 heavy (non-hydrogen) atoms. The molecule has 0 aliphatic heterocycles. The van der Waals surface area contributed by atoms with Crippen LogP contribution in [0.1, 0.15) is 28.8 Å². The zero-order valence-electron chi connectivity index (χ0n) is 19.0. The Bertz CT molecular complexity index is 1540. The van der Waals surface area contributed by atoms with Crippen molar-refractivity contribution in [3.8, 4) is 11.3 Å². The molecular weight excluding hydrogens is 441 g/mol. The van der Waals surface area contributed by atoms with Gasteiger partial charge < -0.3 is 10.6 Å². The number of benzene rings is 3. The lowest BCUT2D eigenvalue weighted by Gasteiger charge is -2.12. The lowest BCUT2D eigenvalue weighted by molar-refractivity contribution is 0.0951. The van der Waals surface area contributed by atoms with E-state index in [2.05, 4.69) is 20.0 Å². The van der Waals surface area contributed by atoms with Gasteiger partial charge in [-0.25, -0.2) is 14.4 Å². The fourth-order valence-corrected chi connectivity index (χ4v) is 4.31. The highest BCUT2D eigenvalue weighted by Crippen LogP contribution is 2.29. The first-order valence-corrected chi connectivity index (χ1v) is 11.8. The maximum atomic E-state index is 13.5. The van der Waals surface area contributed by atoms with Crippen LogP contribution in [-0.4, -0.2) is 32.9 Å². The maximum absolute atomic E-state index is 13.5. The largest absolute Gasteiger partial charge is 0.367 e. The summed E-state index contributed by atoms with van der Waals surface area (Å²) in [5, 5.41) is 6.42. The Morgan fingerprint density at radius 3 is 2.66 bits per heavy atom. The van der Waals surface area contributed by atoms with Crippen molar-refractivity contribution < 1.29 is 9.18 Å². The van der Waals surface area contributed by atoms with E-state index in [1.54, 1.807) is 12.1 Å². The molecule has 0 bridgehead atoms. The summed E-state index contributed by atoms with van der Waals surface area (Å²) in [5.41, 5.74) is 5.95. The molecule has 1 amide bonds. The second-order valence-electron chi connectivity index (χ2n) is 8.88. The molecule has 5 aromatic rings. The SMILES string of the molecule is O=C(NC1CC1)c1ccc(-c2cnc3c(NCCc4cccc(F)c4)nc4ccccc4n23)cc1. The Kier molecular flexibility index (Phi) is 5.37. The minimum atomic E-state index is -0.234. The van der Waals surface area contributed by atoms with Crippen molar-refractivity contribution in [1.29, 1.82) is 0 Å². The van der Waals surface area contributed by atoms with E-state index in [-0.39, 0.29) is 11.7 Å². The number of carbonyl (C=O) groups is 1. The van der Waals surface area contributed by atoms with Crippen LogP contribution in [0, 0.1) is 5.82 Å². The van der Waals surface area contributed by atoms with Crippen LogP contribution < -0.4 is 10.6 Å². The zero-order chi connectivity index (χ0) is 23.8. The van der Waals surface area contributed by atoms with Gasteiger partial charge in [0, 0.05) is 23.7 Å². The summed E-state index contributed by atoms with van der Waals surface area (Å²) in [6.45, 7) is 0.595. The van der Waals surface area contributed by atoms with Crippen LogP contribution >= 0.6 is 0 Å². The molecule has 2 aromatic heterocycles. The van der Waals surface area contributed by atoms with Gasteiger partial charge in [0.1, 0.15) is 5.82 Å². The van der Waals surface area contributed by atoms with E-state index in [9.17, 15) is 9.18 Å². The molecule has 0 spiro atoms. The Morgan fingerprint density at radius 2 is 1.86 bits per heavy atom. The summed E-state index contributed by atoms with van der Waals surface area (Å²) in [4.78, 5) is 21.9. The van der Waals surface area contributed by atoms with E-state index in [1.807, 2.05) is 60.8 Å². The van der Waals surface area contributed by atoms with Crippen LogP contribution in [0.5, 0.6) is 0 Å². The summed E-state index contributed by atoms with van der Waals surface area (Å²) < 4.78 is 15.6. The third-order valence-electron chi connectivity index (χ3n) is 6.28. The third-order valence-corrected chi connectivity index (χ3v) is 6.28. The number of nitrogens with zero attached hydrogens (tertiary/aromatic N) is 3. The molecule has 0 unspecified atom stereocenters. The maximum Gasteiger partial charge on any atom is 0.251 e. The van der Waals surface area contributed by atoms with Crippen LogP contribution in [-0.2, 0) is 6.42 Å². The first-order valence-electron chi connectivity index (χ1n) is 11.8. The van der Waals surface area contributed by atoms with Gasteiger partial charge in [-0.05, 0) is 61.2 Å². The van der Waals surface area contributed by atoms with Crippen LogP contribution in [0.3, 0.4) is 0 Å². The standard InChI is InChI=1S/C28H24FN5O/c29-21-5-3-4-18(16-21)14-15-30-26-27-31-17-25(34(27)24-7-2-1-6-23(24)33-26)19-8-10-20(11-9-19)28(35)32-22-12-13-22/h1-11,16-17,22H,12-15H2,(H,30,33)(H,32,35). The van der Waals surface area contributed by atoms with E-state index >= 15 is 0 Å². The van der Waals surface area contributed by atoms with E-state index < -0.39 is 0 Å². The Labute approximate surface area is 201 Å². The van der Waals surface area contributed by atoms with Gasteiger partial charge in [-0.15, -0.1) is 0 Å². The van der Waals surface area contributed by atoms with E-state index in [0.29, 0.717) is 36.0 Å². The number of carbonyl (C=O) groups excluding carboxylic acids is 1. The number of aromatic nitrogens is 3. The number of imidazole rings is 1. The Hall–Kier alpha value is -4.26. The van der Waals surface area contributed by atoms with Gasteiger partial charge in [0.05, 0.1) is 22.9 Å². The normalized spacial score (nSPS) is 13.3. The number of hydrogen-bond acceptors (Lipinski definition) is 4. The lowest BCUT2D eigenvalue weighted by atomic mass is 10.1. The molecule has 0 atom stereocenters. The molecule has 1 aliphatic rings. The van der Waals surface area contributed by atoms with Crippen molar-refractivity contribution in [3.05, 3.63) is 95.9 Å². The number of anilines is 1. The fraction of sp³-hybridized carbons (Fsp3) is 0.179. The number of fused-ring (bicyclic) bond motifs is 3. The second kappa shape index (κ2) is 8.83. The minimum Gasteiger partial charge on any atom is -0.367 e. The number of para-hydroxylation sites is 2. The summed E-state index contributed by atoms with van der Waals surface area (Å²) >= 11 is 0. The van der Waals surface area contributed by atoms with Gasteiger partial charge in [0.15, 0.2) is 11.5 Å². The first-order chi connectivity index (χ1) is 17.2. The molecule has 2 N–H and O–H groups in total. The van der Waals surface area contributed by atoms with Crippen molar-refractivity contribution in [3.63, 3.8) is 0 Å². The number of hydrogen-bond donors (Lipinski definition) is 2. The predicted octanol–water partition coefficient (Wildman–Crippen LogP) is 5.24. The highest BCUT2D eigenvalue weighted by molar-refractivity contribution is 5.95. The molecule has 174 valence electrons. The van der Waals surface area contributed by atoms with Gasteiger partial charge in [0.25, 0.3) is 5.91 Å². The Balaban J connectivity index is 1.33. The zero-order valence-corrected chi connectivity index (χ0v) is 19.0. The fourth-order valence-electron chi connectivity index (χ4n) is 4.31. The summed E-state index contributed by atoms with van der Waals surface area (Å²) in [5.74, 6) is 0.408. The molecule has 2 heterocycles. The predicted molar refractivity (Wildman–Crippen MR) is 135 cm³/mol. The van der Waals surface area contributed by atoms with Crippen LogP contribution in [0.2, 0.25) is 0 Å². The number of halogens is 1. The number of nitrogens with one attached hydrogen (secondary N) is 2. The number of amides is 1. The topological polar surface area (TPSA) is 71.3 Å². The van der Waals surface area contributed by atoms with Gasteiger partial charge in [-0.2, -0.15) is 0 Å². The second-order valence-corrected chi connectivity index (χ2v) is 8.88. The quantitative estimate of drug-likeness (QED) is 0.345. The first kappa shape index (κ1) is 21.3. The molecule has 1 fully saturated rings. The van der Waals surface area contributed by atoms with Crippen molar-refractivity contribution >= 4 is 28.4 Å². The van der Waals surface area contributed by atoms with Gasteiger partial charge in [-0.1, -0.05) is 36.4 Å². The van der Waals surface area contributed by atoms with E-state index in [0.717, 1.165) is 40.7 Å². The van der Waals surface area contributed by atoms with Crippen LogP contribution in [0.15, 0.2) is 79.0 Å². The molecule has 6 rings (SSSR count). The monoisotopic (exact) mass is 465 g/mol. The molecule has 7 heteroatoms. The average Bonchev–Trinajstić information content (AvgIpc) is 3.58. The molecule has 3 aromatic carbocycles. The van der Waals surface area contributed by atoms with E-state index in [1.165, 1.54) is 6.07 Å². The van der Waals surface area contributed by atoms with Crippen molar-refractivity contribution in [1.82, 2.24) is 19.7 Å². The third kappa shape index (κ3) is 4.33. The molecule has 6 nitrogen and oxygen atoms in total. The average molecular weight is 466 g/mol. The lowest BCUT2D eigenvalue weighted by Crippen LogP contribution is -2.25. The Morgan fingerprint density at radius 1 is 1.03 bits per heavy atom. The van der Waals surface area contributed by atoms with Crippen LogP contribution in [0.4, 0.5) is 10.2 Å². The van der Waals surface area contributed by atoms with Crippen molar-refractivity contribution in [2.45, 2.75) is 25.3 Å². The summed E-state index contributed by atoms with van der Waals surface area (Å²) in [6, 6.07) is 22.5. The molecular formula is C28H24FN5O. The molecule has 1 saturated carbocycles. The van der Waals surface area contributed by atoms with Crippen LogP contribution in [0.25, 0.3) is 27.9 Å². The highest BCUT2D eigenvalue weighted by Gasteiger charge is 2.23. The van der Waals surface area contributed by atoms with Gasteiger partial charge >= 0.3 is 0 Å². The van der Waals surface area contributed by atoms with Crippen molar-refractivity contribution in [2.75, 3.05) is 11.9 Å². The molecule has 0 radical (unpaired) electrons.